The first-order chi connectivity index (χ1) is 9.65. The van der Waals surface area contributed by atoms with Gasteiger partial charge in [0.15, 0.2) is 5.58 Å². The van der Waals surface area contributed by atoms with Crippen molar-refractivity contribution >= 4 is 28.8 Å². The number of benzene rings is 2. The second-order valence-electron chi connectivity index (χ2n) is 4.31. The third-order valence-electron chi connectivity index (χ3n) is 2.91. The standard InChI is InChI=1S/C15H11NO3S/c1-9-5-4-6-10(14(17)18)13(9)20-15-16-11-7-2-3-8-12(11)19-15/h2-8H,1H3,(H,17,18). The highest BCUT2D eigenvalue weighted by molar-refractivity contribution is 7.99. The van der Waals surface area contributed by atoms with Crippen molar-refractivity contribution in [2.45, 2.75) is 17.0 Å². The summed E-state index contributed by atoms with van der Waals surface area (Å²) in [6.07, 6.45) is 0. The highest BCUT2D eigenvalue weighted by Crippen LogP contribution is 2.34. The van der Waals surface area contributed by atoms with Crippen molar-refractivity contribution < 1.29 is 14.3 Å². The summed E-state index contributed by atoms with van der Waals surface area (Å²) >= 11 is 1.24. The lowest BCUT2D eigenvalue weighted by atomic mass is 10.1. The number of rotatable bonds is 3. The molecule has 100 valence electrons. The van der Waals surface area contributed by atoms with Crippen LogP contribution in [0.3, 0.4) is 0 Å². The predicted octanol–water partition coefficient (Wildman–Crippen LogP) is 3.99. The van der Waals surface area contributed by atoms with Crippen molar-refractivity contribution in [3.63, 3.8) is 0 Å². The van der Waals surface area contributed by atoms with Gasteiger partial charge < -0.3 is 9.52 Å². The molecule has 0 unspecified atom stereocenters. The molecular formula is C15H11NO3S. The number of carbonyl (C=O) groups is 1. The average Bonchev–Trinajstić information content (AvgIpc) is 2.83. The summed E-state index contributed by atoms with van der Waals surface area (Å²) in [6.45, 7) is 1.87. The van der Waals surface area contributed by atoms with Crippen LogP contribution in [0.2, 0.25) is 0 Å². The Morgan fingerprint density at radius 2 is 2.00 bits per heavy atom. The van der Waals surface area contributed by atoms with E-state index in [0.29, 0.717) is 15.7 Å². The Hall–Kier alpha value is -2.27. The number of hydrogen-bond acceptors (Lipinski definition) is 4. The van der Waals surface area contributed by atoms with Crippen LogP contribution in [0.4, 0.5) is 0 Å². The highest BCUT2D eigenvalue weighted by Gasteiger charge is 2.16. The van der Waals surface area contributed by atoms with E-state index >= 15 is 0 Å². The van der Waals surface area contributed by atoms with Crippen LogP contribution in [0.1, 0.15) is 15.9 Å². The van der Waals surface area contributed by atoms with Crippen LogP contribution in [0.15, 0.2) is 57.0 Å². The summed E-state index contributed by atoms with van der Waals surface area (Å²) in [5.74, 6) is -0.952. The molecule has 1 N–H and O–H groups in total. The monoisotopic (exact) mass is 285 g/mol. The quantitative estimate of drug-likeness (QED) is 0.788. The Balaban J connectivity index is 2.04. The van der Waals surface area contributed by atoms with Gasteiger partial charge >= 0.3 is 5.97 Å². The van der Waals surface area contributed by atoms with Gasteiger partial charge in [0.1, 0.15) is 5.52 Å². The fraction of sp³-hybridized carbons (Fsp3) is 0.0667. The fourth-order valence-electron chi connectivity index (χ4n) is 1.94. The maximum atomic E-state index is 11.3. The molecular weight excluding hydrogens is 274 g/mol. The largest absolute Gasteiger partial charge is 0.478 e. The van der Waals surface area contributed by atoms with Crippen molar-refractivity contribution in [2.24, 2.45) is 0 Å². The first kappa shape index (κ1) is 12.7. The summed E-state index contributed by atoms with van der Waals surface area (Å²) in [5.41, 5.74) is 2.61. The number of nitrogens with zero attached hydrogens (tertiary/aromatic N) is 1. The second kappa shape index (κ2) is 5.02. The van der Waals surface area contributed by atoms with Crippen molar-refractivity contribution in [1.82, 2.24) is 4.98 Å². The molecule has 0 fully saturated rings. The summed E-state index contributed by atoms with van der Waals surface area (Å²) in [7, 11) is 0. The minimum atomic E-state index is -0.952. The Morgan fingerprint density at radius 1 is 1.20 bits per heavy atom. The molecule has 0 atom stereocenters. The van der Waals surface area contributed by atoms with Gasteiger partial charge in [-0.3, -0.25) is 0 Å². The number of carboxylic acid groups (broad SMARTS) is 1. The molecule has 3 rings (SSSR count). The summed E-state index contributed by atoms with van der Waals surface area (Å²) < 4.78 is 5.62. The molecule has 0 spiro atoms. The van der Waals surface area contributed by atoms with E-state index in [-0.39, 0.29) is 5.56 Å². The lowest BCUT2D eigenvalue weighted by Crippen LogP contribution is -2.00. The first-order valence-electron chi connectivity index (χ1n) is 6.01. The molecule has 0 aliphatic carbocycles. The van der Waals surface area contributed by atoms with Gasteiger partial charge in [0.2, 0.25) is 0 Å². The average molecular weight is 285 g/mol. The van der Waals surface area contributed by atoms with Gasteiger partial charge in [-0.05, 0) is 42.4 Å². The molecule has 0 aliphatic heterocycles. The van der Waals surface area contributed by atoms with E-state index in [0.717, 1.165) is 11.1 Å². The van der Waals surface area contributed by atoms with Gasteiger partial charge in [0, 0.05) is 4.90 Å². The van der Waals surface area contributed by atoms with E-state index in [4.69, 9.17) is 4.42 Å². The van der Waals surface area contributed by atoms with E-state index in [2.05, 4.69) is 4.98 Å². The third-order valence-corrected chi connectivity index (χ3v) is 4.00. The van der Waals surface area contributed by atoms with Crippen molar-refractivity contribution in [1.29, 1.82) is 0 Å². The Morgan fingerprint density at radius 3 is 2.75 bits per heavy atom. The lowest BCUT2D eigenvalue weighted by molar-refractivity contribution is 0.0693. The van der Waals surface area contributed by atoms with Crippen LogP contribution in [0.5, 0.6) is 0 Å². The zero-order valence-electron chi connectivity index (χ0n) is 10.7. The molecule has 0 saturated carbocycles. The smallest absolute Gasteiger partial charge is 0.336 e. The molecule has 1 aromatic heterocycles. The first-order valence-corrected chi connectivity index (χ1v) is 6.83. The van der Waals surface area contributed by atoms with E-state index in [1.54, 1.807) is 12.1 Å². The van der Waals surface area contributed by atoms with E-state index < -0.39 is 5.97 Å². The molecule has 20 heavy (non-hydrogen) atoms. The Kier molecular flexibility index (Phi) is 3.20. The third kappa shape index (κ3) is 2.28. The van der Waals surface area contributed by atoms with Crippen LogP contribution in [0, 0.1) is 6.92 Å². The van der Waals surface area contributed by atoms with Crippen LogP contribution in [-0.2, 0) is 0 Å². The Labute approximate surface area is 119 Å². The minimum absolute atomic E-state index is 0.261. The molecule has 2 aromatic carbocycles. The van der Waals surface area contributed by atoms with Gasteiger partial charge in [0.25, 0.3) is 5.22 Å². The lowest BCUT2D eigenvalue weighted by Gasteiger charge is -2.06. The van der Waals surface area contributed by atoms with Crippen LogP contribution >= 0.6 is 11.8 Å². The van der Waals surface area contributed by atoms with Gasteiger partial charge in [-0.1, -0.05) is 24.3 Å². The molecule has 5 heteroatoms. The predicted molar refractivity (Wildman–Crippen MR) is 76.3 cm³/mol. The van der Waals surface area contributed by atoms with Crippen molar-refractivity contribution in [3.05, 3.63) is 53.6 Å². The van der Waals surface area contributed by atoms with Crippen LogP contribution < -0.4 is 0 Å². The minimum Gasteiger partial charge on any atom is -0.478 e. The van der Waals surface area contributed by atoms with Gasteiger partial charge in [-0.15, -0.1) is 0 Å². The number of oxazole rings is 1. The molecule has 4 nitrogen and oxygen atoms in total. The van der Waals surface area contributed by atoms with E-state index in [1.807, 2.05) is 37.3 Å². The number of fused-ring (bicyclic) bond motifs is 1. The van der Waals surface area contributed by atoms with Crippen molar-refractivity contribution in [3.8, 4) is 0 Å². The normalized spacial score (nSPS) is 10.8. The molecule has 0 aliphatic rings. The topological polar surface area (TPSA) is 63.3 Å². The summed E-state index contributed by atoms with van der Waals surface area (Å²) in [4.78, 5) is 16.3. The SMILES string of the molecule is Cc1cccc(C(=O)O)c1Sc1nc2ccccc2o1. The molecule has 0 saturated heterocycles. The second-order valence-corrected chi connectivity index (χ2v) is 5.27. The zero-order valence-corrected chi connectivity index (χ0v) is 11.5. The maximum Gasteiger partial charge on any atom is 0.336 e. The number of hydrogen-bond donors (Lipinski definition) is 1. The van der Waals surface area contributed by atoms with Crippen LogP contribution in [0.25, 0.3) is 11.1 Å². The van der Waals surface area contributed by atoms with Gasteiger partial charge in [-0.25, -0.2) is 9.78 Å². The molecule has 3 aromatic rings. The number of aryl methyl sites for hydroxylation is 1. The molecule has 0 bridgehead atoms. The van der Waals surface area contributed by atoms with E-state index in [9.17, 15) is 9.90 Å². The molecule has 0 amide bonds. The Bertz CT molecular complexity index is 762. The zero-order chi connectivity index (χ0) is 14.1. The summed E-state index contributed by atoms with van der Waals surface area (Å²) in [6, 6.07) is 12.6. The number of carboxylic acids is 1. The fourth-order valence-corrected chi connectivity index (χ4v) is 2.88. The number of aromatic nitrogens is 1. The molecule has 0 radical (unpaired) electrons. The van der Waals surface area contributed by atoms with E-state index in [1.165, 1.54) is 11.8 Å². The number of aromatic carboxylic acids is 1. The molecule has 1 heterocycles. The summed E-state index contributed by atoms with van der Waals surface area (Å²) in [5, 5.41) is 9.69. The van der Waals surface area contributed by atoms with Crippen molar-refractivity contribution in [2.75, 3.05) is 0 Å². The highest BCUT2D eigenvalue weighted by atomic mass is 32.2. The maximum absolute atomic E-state index is 11.3. The van der Waals surface area contributed by atoms with Crippen LogP contribution in [-0.4, -0.2) is 16.1 Å². The van der Waals surface area contributed by atoms with Gasteiger partial charge in [0.05, 0.1) is 5.56 Å². The van der Waals surface area contributed by atoms with Gasteiger partial charge in [-0.2, -0.15) is 0 Å². The number of para-hydroxylation sites is 2.